The Kier molecular flexibility index (Phi) is 6.57. The van der Waals surface area contributed by atoms with E-state index in [1.807, 2.05) is 0 Å². The van der Waals surface area contributed by atoms with Gasteiger partial charge in [0.1, 0.15) is 0 Å². The molecule has 19 heavy (non-hydrogen) atoms. The lowest BCUT2D eigenvalue weighted by Crippen LogP contribution is -2.12. The van der Waals surface area contributed by atoms with Crippen LogP contribution in [0.1, 0.15) is 55.8 Å². The Morgan fingerprint density at radius 1 is 1.26 bits per heavy atom. The zero-order valence-corrected chi connectivity index (χ0v) is 12.2. The Morgan fingerprint density at radius 2 is 1.95 bits per heavy atom. The van der Waals surface area contributed by atoms with Crippen molar-refractivity contribution in [3.63, 3.8) is 0 Å². The second kappa shape index (κ2) is 7.95. The van der Waals surface area contributed by atoms with E-state index >= 15 is 0 Å². The Bertz CT molecular complexity index is 415. The predicted molar refractivity (Wildman–Crippen MR) is 78.0 cm³/mol. The van der Waals surface area contributed by atoms with Gasteiger partial charge in [-0.05, 0) is 42.4 Å². The van der Waals surface area contributed by atoms with E-state index in [9.17, 15) is 4.79 Å². The van der Waals surface area contributed by atoms with E-state index in [0.29, 0.717) is 6.42 Å². The number of aryl methyl sites for hydroxylation is 2. The van der Waals surface area contributed by atoms with Gasteiger partial charge >= 0.3 is 5.97 Å². The molecule has 1 atom stereocenters. The first-order valence-electron chi connectivity index (χ1n) is 7.06. The fourth-order valence-corrected chi connectivity index (χ4v) is 2.29. The SMILES string of the molecule is CCc1ccc(C(N)CCCC(=O)OC)cc1CC. The van der Waals surface area contributed by atoms with Gasteiger partial charge in [0.25, 0.3) is 0 Å². The summed E-state index contributed by atoms with van der Waals surface area (Å²) in [4.78, 5) is 11.1. The highest BCUT2D eigenvalue weighted by Crippen LogP contribution is 2.21. The number of hydrogen-bond acceptors (Lipinski definition) is 3. The molecule has 0 bridgehead atoms. The van der Waals surface area contributed by atoms with Crippen LogP contribution in [-0.4, -0.2) is 13.1 Å². The molecule has 0 saturated heterocycles. The first-order valence-corrected chi connectivity index (χ1v) is 7.06. The van der Waals surface area contributed by atoms with Gasteiger partial charge in [0.05, 0.1) is 7.11 Å². The molecule has 1 unspecified atom stereocenters. The Hall–Kier alpha value is -1.35. The third-order valence-electron chi connectivity index (χ3n) is 3.54. The van der Waals surface area contributed by atoms with Gasteiger partial charge < -0.3 is 10.5 Å². The summed E-state index contributed by atoms with van der Waals surface area (Å²) in [6, 6.07) is 6.50. The van der Waals surface area contributed by atoms with E-state index in [1.165, 1.54) is 23.8 Å². The monoisotopic (exact) mass is 263 g/mol. The number of ether oxygens (including phenoxy) is 1. The summed E-state index contributed by atoms with van der Waals surface area (Å²) in [5, 5.41) is 0. The summed E-state index contributed by atoms with van der Waals surface area (Å²) in [6.07, 6.45) is 4.11. The zero-order chi connectivity index (χ0) is 14.3. The second-order valence-corrected chi connectivity index (χ2v) is 4.81. The quantitative estimate of drug-likeness (QED) is 0.769. The minimum atomic E-state index is -0.164. The van der Waals surface area contributed by atoms with Crippen molar-refractivity contribution in [2.45, 2.75) is 52.0 Å². The molecule has 106 valence electrons. The molecule has 0 aliphatic rings. The van der Waals surface area contributed by atoms with Crippen LogP contribution in [0.15, 0.2) is 18.2 Å². The Labute approximate surface area is 116 Å². The smallest absolute Gasteiger partial charge is 0.305 e. The summed E-state index contributed by atoms with van der Waals surface area (Å²) in [7, 11) is 1.42. The molecule has 3 nitrogen and oxygen atoms in total. The minimum absolute atomic E-state index is 0.000798. The molecular formula is C16H25NO2. The van der Waals surface area contributed by atoms with Crippen LogP contribution in [0.25, 0.3) is 0 Å². The molecule has 0 aliphatic heterocycles. The van der Waals surface area contributed by atoms with E-state index in [-0.39, 0.29) is 12.0 Å². The van der Waals surface area contributed by atoms with Crippen molar-refractivity contribution in [1.82, 2.24) is 0 Å². The van der Waals surface area contributed by atoms with E-state index < -0.39 is 0 Å². The van der Waals surface area contributed by atoms with Crippen molar-refractivity contribution in [1.29, 1.82) is 0 Å². The molecule has 1 aromatic carbocycles. The van der Waals surface area contributed by atoms with E-state index in [2.05, 4.69) is 36.8 Å². The first-order chi connectivity index (χ1) is 9.12. The van der Waals surface area contributed by atoms with Crippen molar-refractivity contribution in [2.24, 2.45) is 5.73 Å². The second-order valence-electron chi connectivity index (χ2n) is 4.81. The number of carbonyl (C=O) groups excluding carboxylic acids is 1. The zero-order valence-electron chi connectivity index (χ0n) is 12.2. The van der Waals surface area contributed by atoms with Crippen LogP contribution in [0.4, 0.5) is 0 Å². The number of carbonyl (C=O) groups is 1. The Morgan fingerprint density at radius 3 is 2.53 bits per heavy atom. The van der Waals surface area contributed by atoms with Gasteiger partial charge in [-0.25, -0.2) is 0 Å². The lowest BCUT2D eigenvalue weighted by Gasteiger charge is -2.15. The van der Waals surface area contributed by atoms with Gasteiger partial charge in [0, 0.05) is 12.5 Å². The van der Waals surface area contributed by atoms with Crippen molar-refractivity contribution >= 4 is 5.97 Å². The third kappa shape index (κ3) is 4.67. The van der Waals surface area contributed by atoms with Crippen LogP contribution in [0.3, 0.4) is 0 Å². The largest absolute Gasteiger partial charge is 0.469 e. The van der Waals surface area contributed by atoms with Crippen molar-refractivity contribution in [2.75, 3.05) is 7.11 Å². The molecule has 1 rings (SSSR count). The van der Waals surface area contributed by atoms with Gasteiger partial charge in [-0.15, -0.1) is 0 Å². The Balaban J connectivity index is 2.61. The molecule has 2 N–H and O–H groups in total. The van der Waals surface area contributed by atoms with Crippen LogP contribution in [-0.2, 0) is 22.4 Å². The van der Waals surface area contributed by atoms with Crippen LogP contribution < -0.4 is 5.73 Å². The van der Waals surface area contributed by atoms with E-state index in [0.717, 1.165) is 25.7 Å². The summed E-state index contributed by atoms with van der Waals surface area (Å²) in [5.74, 6) is -0.164. The van der Waals surface area contributed by atoms with Crippen LogP contribution in [0.2, 0.25) is 0 Å². The standard InChI is InChI=1S/C16H25NO2/c1-4-12-9-10-14(11-13(12)5-2)15(17)7-6-8-16(18)19-3/h9-11,15H,4-8,17H2,1-3H3. The number of hydrogen-bond donors (Lipinski definition) is 1. The lowest BCUT2D eigenvalue weighted by atomic mass is 9.95. The number of rotatable bonds is 7. The number of benzene rings is 1. The molecule has 0 heterocycles. The summed E-state index contributed by atoms with van der Waals surface area (Å²) in [6.45, 7) is 4.34. The van der Waals surface area contributed by atoms with Crippen LogP contribution in [0, 0.1) is 0 Å². The summed E-state index contributed by atoms with van der Waals surface area (Å²) in [5.41, 5.74) is 10.1. The van der Waals surface area contributed by atoms with Gasteiger partial charge in [0.2, 0.25) is 0 Å². The molecule has 0 fully saturated rings. The van der Waals surface area contributed by atoms with E-state index in [4.69, 9.17) is 5.73 Å². The average Bonchev–Trinajstić information content (AvgIpc) is 2.45. The highest BCUT2D eigenvalue weighted by Gasteiger charge is 2.09. The fraction of sp³-hybridized carbons (Fsp3) is 0.562. The van der Waals surface area contributed by atoms with Crippen LogP contribution in [0.5, 0.6) is 0 Å². The lowest BCUT2D eigenvalue weighted by molar-refractivity contribution is -0.140. The normalized spacial score (nSPS) is 12.2. The predicted octanol–water partition coefficient (Wildman–Crippen LogP) is 3.15. The summed E-state index contributed by atoms with van der Waals surface area (Å²) < 4.78 is 4.62. The molecule has 3 heteroatoms. The van der Waals surface area contributed by atoms with Crippen molar-refractivity contribution in [3.05, 3.63) is 34.9 Å². The molecule has 0 spiro atoms. The molecule has 0 aromatic heterocycles. The maximum absolute atomic E-state index is 11.1. The molecule has 0 saturated carbocycles. The fourth-order valence-electron chi connectivity index (χ4n) is 2.29. The van der Waals surface area contributed by atoms with Gasteiger partial charge in [-0.2, -0.15) is 0 Å². The number of nitrogens with two attached hydrogens (primary N) is 1. The van der Waals surface area contributed by atoms with Crippen LogP contribution >= 0.6 is 0 Å². The molecular weight excluding hydrogens is 238 g/mol. The van der Waals surface area contributed by atoms with Crippen molar-refractivity contribution in [3.8, 4) is 0 Å². The maximum atomic E-state index is 11.1. The van der Waals surface area contributed by atoms with E-state index in [1.54, 1.807) is 0 Å². The topological polar surface area (TPSA) is 52.3 Å². The maximum Gasteiger partial charge on any atom is 0.305 e. The molecule has 0 aliphatic carbocycles. The number of esters is 1. The minimum Gasteiger partial charge on any atom is -0.469 e. The first kappa shape index (κ1) is 15.7. The highest BCUT2D eigenvalue weighted by molar-refractivity contribution is 5.69. The van der Waals surface area contributed by atoms with Gasteiger partial charge in [-0.3, -0.25) is 4.79 Å². The summed E-state index contributed by atoms with van der Waals surface area (Å²) >= 11 is 0. The molecule has 0 amide bonds. The van der Waals surface area contributed by atoms with Gasteiger partial charge in [-0.1, -0.05) is 32.0 Å². The van der Waals surface area contributed by atoms with Crippen molar-refractivity contribution < 1.29 is 9.53 Å². The highest BCUT2D eigenvalue weighted by atomic mass is 16.5. The molecule has 1 aromatic rings. The average molecular weight is 263 g/mol. The van der Waals surface area contributed by atoms with Gasteiger partial charge in [0.15, 0.2) is 0 Å². The number of methoxy groups -OCH3 is 1. The molecule has 0 radical (unpaired) electrons. The third-order valence-corrected chi connectivity index (χ3v) is 3.54.